The van der Waals surface area contributed by atoms with Crippen LogP contribution in [0.5, 0.6) is 0 Å². The highest BCUT2D eigenvalue weighted by molar-refractivity contribution is 5.97. The Morgan fingerprint density at radius 2 is 1.92 bits per heavy atom. The quantitative estimate of drug-likeness (QED) is 0.384. The topological polar surface area (TPSA) is 107 Å². The van der Waals surface area contributed by atoms with E-state index >= 15 is 0 Å². The maximum absolute atomic E-state index is 13.3. The van der Waals surface area contributed by atoms with Gasteiger partial charge in [0.25, 0.3) is 11.8 Å². The van der Waals surface area contributed by atoms with E-state index in [1.807, 2.05) is 35.0 Å². The molecule has 0 spiro atoms. The van der Waals surface area contributed by atoms with E-state index < -0.39 is 0 Å². The van der Waals surface area contributed by atoms with Gasteiger partial charge in [0.15, 0.2) is 0 Å². The summed E-state index contributed by atoms with van der Waals surface area (Å²) < 4.78 is 9.98. The number of aryl methyl sites for hydroxylation is 1. The fraction of sp³-hybridized carbons (Fsp3) is 0.333. The van der Waals surface area contributed by atoms with Crippen LogP contribution >= 0.6 is 0 Å². The molecule has 1 saturated heterocycles. The first-order chi connectivity index (χ1) is 17.4. The van der Waals surface area contributed by atoms with Crippen molar-refractivity contribution in [2.45, 2.75) is 32.2 Å². The second-order valence-electron chi connectivity index (χ2n) is 9.33. The van der Waals surface area contributed by atoms with Gasteiger partial charge in [0.2, 0.25) is 11.0 Å². The first-order valence-corrected chi connectivity index (χ1v) is 12.1. The Morgan fingerprint density at radius 3 is 2.61 bits per heavy atom. The van der Waals surface area contributed by atoms with Gasteiger partial charge in [-0.2, -0.15) is 0 Å². The number of aromatic nitrogens is 2. The third-order valence-corrected chi connectivity index (χ3v) is 7.20. The number of rotatable bonds is 6. The fourth-order valence-corrected chi connectivity index (χ4v) is 5.10. The van der Waals surface area contributed by atoms with E-state index in [0.29, 0.717) is 40.4 Å². The zero-order valence-corrected chi connectivity index (χ0v) is 20.3. The highest BCUT2D eigenvalue weighted by Gasteiger charge is 2.34. The van der Waals surface area contributed by atoms with Crippen molar-refractivity contribution in [3.63, 3.8) is 0 Å². The van der Waals surface area contributed by atoms with Crippen molar-refractivity contribution in [2.75, 3.05) is 20.1 Å². The molecule has 0 unspecified atom stereocenters. The molecule has 0 saturated carbocycles. The summed E-state index contributed by atoms with van der Waals surface area (Å²) in [5.74, 6) is 0.677. The number of likely N-dealkylation sites (N-methyl/N-ethyl adjacent to an activating group) is 1. The van der Waals surface area contributed by atoms with Crippen LogP contribution in [0.2, 0.25) is 0 Å². The number of nitrogens with zero attached hydrogens (tertiary/aromatic N) is 4. The fourth-order valence-electron chi connectivity index (χ4n) is 5.10. The predicted molar refractivity (Wildman–Crippen MR) is 131 cm³/mol. The third-order valence-electron chi connectivity index (χ3n) is 7.20. The SMILES string of the molecule is Cc1occc1C(=O)N(C)[C@H](Cc1ccccc1)C1CCN(C(=O)c2ccc3c(c2)no[n+]3[O-])CC1. The van der Waals surface area contributed by atoms with Gasteiger partial charge in [-0.1, -0.05) is 30.3 Å². The summed E-state index contributed by atoms with van der Waals surface area (Å²) in [6, 6.07) is 16.6. The van der Waals surface area contributed by atoms with Gasteiger partial charge in [0, 0.05) is 43.0 Å². The van der Waals surface area contributed by atoms with Crippen LogP contribution in [-0.4, -0.2) is 52.9 Å². The molecule has 36 heavy (non-hydrogen) atoms. The first-order valence-electron chi connectivity index (χ1n) is 12.1. The molecule has 2 aromatic heterocycles. The number of piperidine rings is 1. The number of fused-ring (bicyclic) bond motifs is 1. The maximum Gasteiger partial charge on any atom is 0.257 e. The third kappa shape index (κ3) is 4.56. The normalized spacial score (nSPS) is 15.2. The van der Waals surface area contributed by atoms with Crippen LogP contribution in [-0.2, 0) is 6.42 Å². The van der Waals surface area contributed by atoms with Crippen molar-refractivity contribution >= 4 is 22.8 Å². The molecule has 2 amide bonds. The van der Waals surface area contributed by atoms with E-state index in [9.17, 15) is 14.8 Å². The number of benzene rings is 2. The molecule has 0 N–H and O–H groups in total. The monoisotopic (exact) mass is 488 g/mol. The van der Waals surface area contributed by atoms with Crippen molar-refractivity contribution in [1.29, 1.82) is 0 Å². The summed E-state index contributed by atoms with van der Waals surface area (Å²) in [5.41, 5.74) is 2.85. The van der Waals surface area contributed by atoms with Crippen molar-refractivity contribution in [3.8, 4) is 0 Å². The lowest BCUT2D eigenvalue weighted by atomic mass is 9.84. The Kier molecular flexibility index (Phi) is 6.45. The lowest BCUT2D eigenvalue weighted by Crippen LogP contribution is -2.48. The van der Waals surface area contributed by atoms with Gasteiger partial charge in [-0.05, 0) is 60.8 Å². The van der Waals surface area contributed by atoms with Crippen LogP contribution < -0.4 is 4.90 Å². The summed E-state index contributed by atoms with van der Waals surface area (Å²) in [6.07, 6.45) is 3.83. The molecule has 1 aliphatic rings. The summed E-state index contributed by atoms with van der Waals surface area (Å²) in [6.45, 7) is 2.96. The molecule has 4 aromatic rings. The van der Waals surface area contributed by atoms with E-state index in [1.54, 1.807) is 37.5 Å². The number of hydrogen-bond acceptors (Lipinski definition) is 6. The van der Waals surface area contributed by atoms with E-state index in [4.69, 9.17) is 4.42 Å². The van der Waals surface area contributed by atoms with Crippen LogP contribution in [0.3, 0.4) is 0 Å². The maximum atomic E-state index is 13.3. The van der Waals surface area contributed by atoms with Crippen LogP contribution in [0.1, 0.15) is 44.9 Å². The number of likely N-dealkylation sites (tertiary alicyclic amines) is 1. The number of amides is 2. The Bertz CT molecular complexity index is 1370. The summed E-state index contributed by atoms with van der Waals surface area (Å²) in [7, 11) is 1.86. The molecule has 9 nitrogen and oxygen atoms in total. The highest BCUT2D eigenvalue weighted by Crippen LogP contribution is 2.29. The lowest BCUT2D eigenvalue weighted by Gasteiger charge is -2.40. The van der Waals surface area contributed by atoms with E-state index in [1.165, 1.54) is 5.56 Å². The molecule has 1 atom stereocenters. The second-order valence-corrected chi connectivity index (χ2v) is 9.33. The molecule has 5 rings (SSSR count). The zero-order chi connectivity index (χ0) is 25.2. The van der Waals surface area contributed by atoms with Gasteiger partial charge in [-0.25, -0.2) is 0 Å². The van der Waals surface area contributed by atoms with Crippen LogP contribution in [0.4, 0.5) is 0 Å². The lowest BCUT2D eigenvalue weighted by molar-refractivity contribution is -0.782. The smallest absolute Gasteiger partial charge is 0.257 e. The molecule has 0 radical (unpaired) electrons. The number of hydrogen-bond donors (Lipinski definition) is 0. The molecule has 0 bridgehead atoms. The zero-order valence-electron chi connectivity index (χ0n) is 20.3. The van der Waals surface area contributed by atoms with Crippen molar-refractivity contribution in [1.82, 2.24) is 15.0 Å². The Balaban J connectivity index is 1.31. The molecule has 186 valence electrons. The van der Waals surface area contributed by atoms with Gasteiger partial charge in [0.1, 0.15) is 5.76 Å². The predicted octanol–water partition coefficient (Wildman–Crippen LogP) is 3.60. The van der Waals surface area contributed by atoms with Gasteiger partial charge in [-0.3, -0.25) is 14.2 Å². The van der Waals surface area contributed by atoms with Crippen molar-refractivity contribution in [2.24, 2.45) is 5.92 Å². The molecular formula is C27H28N4O5. The Labute approximate surface area is 208 Å². The Hall–Kier alpha value is -4.14. The van der Waals surface area contributed by atoms with Crippen LogP contribution in [0.25, 0.3) is 11.0 Å². The summed E-state index contributed by atoms with van der Waals surface area (Å²) in [5, 5.41) is 15.3. The summed E-state index contributed by atoms with van der Waals surface area (Å²) in [4.78, 5) is 30.5. The molecule has 1 fully saturated rings. The molecule has 3 heterocycles. The minimum absolute atomic E-state index is 0.0227. The minimum atomic E-state index is -0.103. The molecule has 1 aliphatic heterocycles. The highest BCUT2D eigenvalue weighted by atomic mass is 16.8. The molecule has 2 aromatic carbocycles. The van der Waals surface area contributed by atoms with Gasteiger partial charge >= 0.3 is 0 Å². The van der Waals surface area contributed by atoms with E-state index in [2.05, 4.69) is 21.9 Å². The average Bonchev–Trinajstić information content (AvgIpc) is 3.51. The van der Waals surface area contributed by atoms with E-state index in [-0.39, 0.29) is 29.3 Å². The van der Waals surface area contributed by atoms with Crippen molar-refractivity contribution in [3.05, 3.63) is 88.5 Å². The number of carbonyl (C=O) groups is 2. The first kappa shape index (κ1) is 23.6. The number of furan rings is 1. The van der Waals surface area contributed by atoms with E-state index in [0.717, 1.165) is 19.3 Å². The largest absolute Gasteiger partial charge is 0.469 e. The molecule has 0 aliphatic carbocycles. The van der Waals surface area contributed by atoms with Gasteiger partial charge < -0.3 is 19.4 Å². The molecular weight excluding hydrogens is 460 g/mol. The average molecular weight is 489 g/mol. The Morgan fingerprint density at radius 1 is 1.17 bits per heavy atom. The van der Waals surface area contributed by atoms with Gasteiger partial charge in [-0.15, -0.1) is 0 Å². The van der Waals surface area contributed by atoms with Crippen LogP contribution in [0.15, 0.2) is 69.9 Å². The minimum Gasteiger partial charge on any atom is -0.469 e. The molecule has 9 heteroatoms. The van der Waals surface area contributed by atoms with Crippen molar-refractivity contribution < 1.29 is 23.5 Å². The van der Waals surface area contributed by atoms with Gasteiger partial charge in [0.05, 0.1) is 11.8 Å². The second kappa shape index (κ2) is 9.85. The standard InChI is InChI=1S/C27H28N4O5/c1-18-22(12-15-35-18)27(33)29(2)25(16-19-6-4-3-5-7-19)20-10-13-30(14-11-20)26(32)21-8-9-24-23(17-21)28-36-31(24)34/h3-9,12,15,17,20,25H,10-11,13-14,16H2,1-2H3/t25-/m1/s1. The van der Waals surface area contributed by atoms with Crippen LogP contribution in [0, 0.1) is 18.0 Å². The number of carbonyl (C=O) groups excluding carboxylic acids is 2. The summed E-state index contributed by atoms with van der Waals surface area (Å²) >= 11 is 0.